The molecule has 0 bridgehead atoms. The minimum Gasteiger partial charge on any atom is -0.0683 e. The number of rotatable bonds is 7. The highest BCUT2D eigenvalue weighted by Crippen LogP contribution is 2.34. The molecular formula is C16H34. The predicted octanol–water partition coefficient (Wildman–Crippen LogP) is 6.06. The summed E-state index contributed by atoms with van der Waals surface area (Å²) in [5.74, 6) is 3.08. The van der Waals surface area contributed by atoms with Crippen LogP contribution in [-0.2, 0) is 0 Å². The summed E-state index contributed by atoms with van der Waals surface area (Å²) in [6, 6.07) is 0. The molecule has 1 rings (SSSR count). The molecule has 2 atom stereocenters. The van der Waals surface area contributed by atoms with Crippen molar-refractivity contribution in [3.8, 4) is 0 Å². The van der Waals surface area contributed by atoms with Crippen molar-refractivity contribution >= 4 is 0 Å². The molecule has 1 saturated carbocycles. The molecule has 2 unspecified atom stereocenters. The SMILES string of the molecule is CC.CCCC(CCC1CCC1)C(C)CC. The fraction of sp³-hybridized carbons (Fsp3) is 1.00. The fourth-order valence-electron chi connectivity index (χ4n) is 2.65. The van der Waals surface area contributed by atoms with Gasteiger partial charge in [0.15, 0.2) is 0 Å². The Kier molecular flexibility index (Phi) is 10.2. The van der Waals surface area contributed by atoms with E-state index in [-0.39, 0.29) is 0 Å². The third-order valence-corrected chi connectivity index (χ3v) is 4.28. The van der Waals surface area contributed by atoms with Crippen LogP contribution in [0.5, 0.6) is 0 Å². The van der Waals surface area contributed by atoms with E-state index in [1.807, 2.05) is 13.8 Å². The van der Waals surface area contributed by atoms with Crippen LogP contribution in [0, 0.1) is 17.8 Å². The van der Waals surface area contributed by atoms with E-state index in [9.17, 15) is 0 Å². The van der Waals surface area contributed by atoms with Gasteiger partial charge in [0.1, 0.15) is 0 Å². The highest BCUT2D eigenvalue weighted by atomic mass is 14.3. The molecule has 0 aromatic rings. The monoisotopic (exact) mass is 226 g/mol. The quantitative estimate of drug-likeness (QED) is 0.495. The molecule has 16 heavy (non-hydrogen) atoms. The van der Waals surface area contributed by atoms with E-state index in [4.69, 9.17) is 0 Å². The summed E-state index contributed by atoms with van der Waals surface area (Å²) in [6.45, 7) is 11.1. The van der Waals surface area contributed by atoms with Gasteiger partial charge in [0.05, 0.1) is 0 Å². The molecular weight excluding hydrogens is 192 g/mol. The van der Waals surface area contributed by atoms with Crippen molar-refractivity contribution in [1.29, 1.82) is 0 Å². The van der Waals surface area contributed by atoms with Gasteiger partial charge >= 0.3 is 0 Å². The Morgan fingerprint density at radius 3 is 2.06 bits per heavy atom. The summed E-state index contributed by atoms with van der Waals surface area (Å²) in [4.78, 5) is 0. The number of hydrogen-bond donors (Lipinski definition) is 0. The van der Waals surface area contributed by atoms with Gasteiger partial charge in [-0.25, -0.2) is 0 Å². The van der Waals surface area contributed by atoms with E-state index < -0.39 is 0 Å². The predicted molar refractivity (Wildman–Crippen MR) is 75.8 cm³/mol. The molecule has 0 amide bonds. The molecule has 0 heterocycles. The molecule has 0 saturated heterocycles. The highest BCUT2D eigenvalue weighted by Gasteiger charge is 2.21. The second kappa shape index (κ2) is 10.2. The lowest BCUT2D eigenvalue weighted by Crippen LogP contribution is -2.16. The van der Waals surface area contributed by atoms with Crippen LogP contribution in [-0.4, -0.2) is 0 Å². The van der Waals surface area contributed by atoms with Crippen LogP contribution in [0.2, 0.25) is 0 Å². The van der Waals surface area contributed by atoms with Crippen molar-refractivity contribution in [3.05, 3.63) is 0 Å². The van der Waals surface area contributed by atoms with Crippen LogP contribution >= 0.6 is 0 Å². The van der Waals surface area contributed by atoms with Gasteiger partial charge in [0.2, 0.25) is 0 Å². The van der Waals surface area contributed by atoms with Crippen molar-refractivity contribution in [3.63, 3.8) is 0 Å². The van der Waals surface area contributed by atoms with E-state index in [0.717, 1.165) is 17.8 Å². The lowest BCUT2D eigenvalue weighted by molar-refractivity contribution is 0.231. The van der Waals surface area contributed by atoms with Crippen LogP contribution in [0.25, 0.3) is 0 Å². The Bertz CT molecular complexity index is 135. The van der Waals surface area contributed by atoms with E-state index in [0.29, 0.717) is 0 Å². The van der Waals surface area contributed by atoms with Gasteiger partial charge in [-0.1, -0.05) is 79.6 Å². The summed E-state index contributed by atoms with van der Waals surface area (Å²) in [6.07, 6.45) is 11.8. The zero-order valence-electron chi connectivity index (χ0n) is 12.4. The molecule has 0 aromatic heterocycles. The van der Waals surface area contributed by atoms with Crippen molar-refractivity contribution in [2.45, 2.75) is 86.0 Å². The van der Waals surface area contributed by atoms with Crippen molar-refractivity contribution < 1.29 is 0 Å². The van der Waals surface area contributed by atoms with Gasteiger partial charge < -0.3 is 0 Å². The maximum absolute atomic E-state index is 2.45. The van der Waals surface area contributed by atoms with E-state index >= 15 is 0 Å². The maximum atomic E-state index is 2.45. The van der Waals surface area contributed by atoms with Crippen LogP contribution in [0.1, 0.15) is 86.0 Å². The Balaban J connectivity index is 0.00000106. The molecule has 1 fully saturated rings. The molecule has 0 aromatic carbocycles. The first-order valence-electron chi connectivity index (χ1n) is 7.77. The maximum Gasteiger partial charge on any atom is -0.0389 e. The van der Waals surface area contributed by atoms with Crippen LogP contribution in [0.3, 0.4) is 0 Å². The molecule has 0 N–H and O–H groups in total. The Morgan fingerprint density at radius 1 is 1.06 bits per heavy atom. The first-order valence-corrected chi connectivity index (χ1v) is 7.77. The van der Waals surface area contributed by atoms with Gasteiger partial charge in [-0.3, -0.25) is 0 Å². The minimum atomic E-state index is 0.954. The fourth-order valence-corrected chi connectivity index (χ4v) is 2.65. The molecule has 0 heteroatoms. The van der Waals surface area contributed by atoms with Crippen LogP contribution in [0.15, 0.2) is 0 Å². The third kappa shape index (κ3) is 5.92. The second-order valence-electron chi connectivity index (χ2n) is 5.31. The van der Waals surface area contributed by atoms with E-state index in [2.05, 4.69) is 20.8 Å². The second-order valence-corrected chi connectivity index (χ2v) is 5.31. The molecule has 98 valence electrons. The van der Waals surface area contributed by atoms with E-state index in [1.54, 1.807) is 0 Å². The topological polar surface area (TPSA) is 0 Å². The first kappa shape index (κ1) is 16.0. The normalized spacial score (nSPS) is 19.3. The van der Waals surface area contributed by atoms with Gasteiger partial charge in [0.25, 0.3) is 0 Å². The van der Waals surface area contributed by atoms with Crippen LogP contribution < -0.4 is 0 Å². The minimum absolute atomic E-state index is 0.954. The largest absolute Gasteiger partial charge is 0.0683 e. The lowest BCUT2D eigenvalue weighted by atomic mass is 9.77. The zero-order valence-corrected chi connectivity index (χ0v) is 12.4. The molecule has 1 aliphatic rings. The smallest absolute Gasteiger partial charge is 0.0389 e. The number of hydrogen-bond acceptors (Lipinski definition) is 0. The average Bonchev–Trinajstić information content (AvgIpc) is 2.27. The summed E-state index contributed by atoms with van der Waals surface area (Å²) in [5.41, 5.74) is 0. The summed E-state index contributed by atoms with van der Waals surface area (Å²) in [5, 5.41) is 0. The highest BCUT2D eigenvalue weighted by molar-refractivity contribution is 4.73. The van der Waals surface area contributed by atoms with Gasteiger partial charge in [-0.05, 0) is 24.2 Å². The molecule has 1 aliphatic carbocycles. The van der Waals surface area contributed by atoms with Crippen molar-refractivity contribution in [2.75, 3.05) is 0 Å². The Labute approximate surface area is 104 Å². The third-order valence-electron chi connectivity index (χ3n) is 4.28. The molecule has 0 spiro atoms. The summed E-state index contributed by atoms with van der Waals surface area (Å²) >= 11 is 0. The lowest BCUT2D eigenvalue weighted by Gasteiger charge is -2.29. The Morgan fingerprint density at radius 2 is 1.69 bits per heavy atom. The van der Waals surface area contributed by atoms with Gasteiger partial charge in [-0.2, -0.15) is 0 Å². The molecule has 0 aliphatic heterocycles. The van der Waals surface area contributed by atoms with Gasteiger partial charge in [0, 0.05) is 0 Å². The van der Waals surface area contributed by atoms with Gasteiger partial charge in [-0.15, -0.1) is 0 Å². The summed E-state index contributed by atoms with van der Waals surface area (Å²) < 4.78 is 0. The van der Waals surface area contributed by atoms with Crippen molar-refractivity contribution in [2.24, 2.45) is 17.8 Å². The van der Waals surface area contributed by atoms with Crippen LogP contribution in [0.4, 0.5) is 0 Å². The van der Waals surface area contributed by atoms with E-state index in [1.165, 1.54) is 51.4 Å². The zero-order chi connectivity index (χ0) is 12.4. The Hall–Kier alpha value is 0. The molecule has 0 radical (unpaired) electrons. The van der Waals surface area contributed by atoms with Crippen molar-refractivity contribution in [1.82, 2.24) is 0 Å². The molecule has 0 nitrogen and oxygen atoms in total. The average molecular weight is 226 g/mol. The summed E-state index contributed by atoms with van der Waals surface area (Å²) in [7, 11) is 0. The first-order chi connectivity index (χ1) is 7.77. The standard InChI is InChI=1S/C14H28.C2H6/c1-4-7-14(12(3)5-2)11-10-13-8-6-9-13;1-2/h12-14H,4-11H2,1-3H3;1-2H3.